The summed E-state index contributed by atoms with van der Waals surface area (Å²) in [6.45, 7) is 0.273. The average molecular weight is 281 g/mol. The van der Waals surface area contributed by atoms with Gasteiger partial charge in [0.25, 0.3) is 0 Å². The van der Waals surface area contributed by atoms with E-state index in [-0.39, 0.29) is 12.4 Å². The smallest absolute Gasteiger partial charge is 0.416 e. The number of para-hydroxylation sites is 1. The van der Waals surface area contributed by atoms with E-state index in [0.29, 0.717) is 12.1 Å². The Labute approximate surface area is 115 Å². The summed E-state index contributed by atoms with van der Waals surface area (Å²) in [5.41, 5.74) is 6.63. The molecule has 0 heterocycles. The van der Waals surface area contributed by atoms with Gasteiger partial charge in [-0.2, -0.15) is 13.2 Å². The molecule has 0 aliphatic carbocycles. The van der Waals surface area contributed by atoms with Crippen molar-refractivity contribution in [1.29, 1.82) is 0 Å². The zero-order valence-corrected chi connectivity index (χ0v) is 10.7. The predicted octanol–water partition coefficient (Wildman–Crippen LogP) is 3.91. The van der Waals surface area contributed by atoms with Crippen LogP contribution in [0.15, 0.2) is 48.5 Å². The molecule has 5 heteroatoms. The summed E-state index contributed by atoms with van der Waals surface area (Å²) in [6, 6.07) is 12.2. The minimum atomic E-state index is -4.36. The van der Waals surface area contributed by atoms with Crippen molar-refractivity contribution in [1.82, 2.24) is 0 Å². The molecule has 0 fully saturated rings. The molecule has 2 nitrogen and oxygen atoms in total. The van der Waals surface area contributed by atoms with E-state index in [2.05, 4.69) is 0 Å². The third-order valence-corrected chi connectivity index (χ3v) is 2.86. The molecule has 0 spiro atoms. The number of benzene rings is 2. The van der Waals surface area contributed by atoms with Crippen LogP contribution in [0.2, 0.25) is 0 Å². The Hall–Kier alpha value is -2.17. The molecule has 0 saturated carbocycles. The van der Waals surface area contributed by atoms with Crippen LogP contribution in [0.25, 0.3) is 0 Å². The van der Waals surface area contributed by atoms with Gasteiger partial charge in [-0.25, -0.2) is 0 Å². The van der Waals surface area contributed by atoms with Crippen LogP contribution in [0.4, 0.5) is 18.9 Å². The lowest BCUT2D eigenvalue weighted by Crippen LogP contribution is -2.07. The van der Waals surface area contributed by atoms with Crippen molar-refractivity contribution in [3.63, 3.8) is 0 Å². The van der Waals surface area contributed by atoms with E-state index in [1.165, 1.54) is 12.1 Å². The Morgan fingerprint density at radius 2 is 1.75 bits per heavy atom. The molecule has 0 aliphatic heterocycles. The summed E-state index contributed by atoms with van der Waals surface area (Å²) in [7, 11) is 0. The summed E-state index contributed by atoms with van der Waals surface area (Å²) >= 11 is 0. The highest BCUT2D eigenvalue weighted by atomic mass is 19.4. The second-order valence-electron chi connectivity index (χ2n) is 4.32. The number of nitrogens with two attached hydrogens (primary N) is 1. The molecule has 0 aliphatic rings. The topological polar surface area (TPSA) is 35.2 Å². The lowest BCUT2D eigenvalue weighted by molar-refractivity contribution is -0.137. The monoisotopic (exact) mass is 281 g/mol. The normalized spacial score (nSPS) is 11.3. The molecule has 106 valence electrons. The van der Waals surface area contributed by atoms with E-state index in [1.807, 2.05) is 18.2 Å². The largest absolute Gasteiger partial charge is 0.493 e. The van der Waals surface area contributed by atoms with E-state index in [0.717, 1.165) is 17.7 Å². The molecule has 0 atom stereocenters. The number of nitrogen functional groups attached to an aromatic ring is 1. The van der Waals surface area contributed by atoms with Crippen molar-refractivity contribution in [3.8, 4) is 5.75 Å². The van der Waals surface area contributed by atoms with Crippen molar-refractivity contribution < 1.29 is 17.9 Å². The maximum atomic E-state index is 12.5. The Morgan fingerprint density at radius 1 is 1.00 bits per heavy atom. The first kappa shape index (κ1) is 14.2. The number of hydrogen-bond donors (Lipinski definition) is 1. The maximum absolute atomic E-state index is 12.5. The average Bonchev–Trinajstić information content (AvgIpc) is 2.40. The van der Waals surface area contributed by atoms with Crippen LogP contribution in [-0.4, -0.2) is 6.61 Å². The Kier molecular flexibility index (Phi) is 4.17. The van der Waals surface area contributed by atoms with Crippen molar-refractivity contribution in [2.24, 2.45) is 0 Å². The van der Waals surface area contributed by atoms with Gasteiger partial charge in [-0.1, -0.05) is 24.3 Å². The first-order valence-corrected chi connectivity index (χ1v) is 6.10. The highest BCUT2D eigenvalue weighted by molar-refractivity contribution is 5.46. The number of ether oxygens (including phenoxy) is 1. The maximum Gasteiger partial charge on any atom is 0.416 e. The second kappa shape index (κ2) is 5.86. The van der Waals surface area contributed by atoms with E-state index >= 15 is 0 Å². The van der Waals surface area contributed by atoms with Crippen LogP contribution in [0.3, 0.4) is 0 Å². The fraction of sp³-hybridized carbons (Fsp3) is 0.200. The summed E-state index contributed by atoms with van der Waals surface area (Å²) in [5, 5.41) is 0. The molecule has 2 N–H and O–H groups in total. The van der Waals surface area contributed by atoms with Crippen LogP contribution in [0.1, 0.15) is 11.1 Å². The van der Waals surface area contributed by atoms with Crippen molar-refractivity contribution in [3.05, 3.63) is 59.7 Å². The predicted molar refractivity (Wildman–Crippen MR) is 71.5 cm³/mol. The number of hydrogen-bond acceptors (Lipinski definition) is 2. The zero-order valence-electron chi connectivity index (χ0n) is 10.7. The van der Waals surface area contributed by atoms with Gasteiger partial charge in [-0.15, -0.1) is 0 Å². The van der Waals surface area contributed by atoms with Crippen LogP contribution in [0, 0.1) is 0 Å². The minimum absolute atomic E-state index is 0.203. The van der Waals surface area contributed by atoms with E-state index in [1.54, 1.807) is 6.07 Å². The number of halogens is 3. The molecule has 2 rings (SSSR count). The summed E-state index contributed by atoms with van der Waals surface area (Å²) in [6.07, 6.45) is -3.81. The molecular weight excluding hydrogens is 267 g/mol. The highest BCUT2D eigenvalue weighted by Crippen LogP contribution is 2.31. The van der Waals surface area contributed by atoms with Gasteiger partial charge in [-0.05, 0) is 29.8 Å². The van der Waals surface area contributed by atoms with Crippen molar-refractivity contribution >= 4 is 5.69 Å². The van der Waals surface area contributed by atoms with Crippen molar-refractivity contribution in [2.45, 2.75) is 12.6 Å². The number of rotatable bonds is 4. The summed E-state index contributed by atoms with van der Waals surface area (Å²) in [4.78, 5) is 0. The van der Waals surface area contributed by atoms with Crippen LogP contribution < -0.4 is 10.5 Å². The molecule has 0 bridgehead atoms. The van der Waals surface area contributed by atoms with Crippen LogP contribution in [0.5, 0.6) is 5.75 Å². The van der Waals surface area contributed by atoms with Gasteiger partial charge in [0.05, 0.1) is 12.2 Å². The lowest BCUT2D eigenvalue weighted by Gasteiger charge is -2.11. The third-order valence-electron chi connectivity index (χ3n) is 2.86. The van der Waals surface area contributed by atoms with E-state index in [4.69, 9.17) is 10.5 Å². The SMILES string of the molecule is Nc1ccccc1CCOc1cccc(C(F)(F)F)c1. The second-order valence-corrected chi connectivity index (χ2v) is 4.32. The van der Waals surface area contributed by atoms with Gasteiger partial charge in [0.2, 0.25) is 0 Å². The van der Waals surface area contributed by atoms with Gasteiger partial charge in [0, 0.05) is 12.1 Å². The molecule has 0 amide bonds. The van der Waals surface area contributed by atoms with E-state index < -0.39 is 11.7 Å². The summed E-state index contributed by atoms with van der Waals surface area (Å²) in [5.74, 6) is 0.203. The Balaban J connectivity index is 1.97. The molecular formula is C15H14F3NO. The molecule has 2 aromatic rings. The quantitative estimate of drug-likeness (QED) is 0.862. The molecule has 0 aromatic heterocycles. The Bertz CT molecular complexity index is 581. The Morgan fingerprint density at radius 3 is 2.45 bits per heavy atom. The first-order valence-electron chi connectivity index (χ1n) is 6.10. The minimum Gasteiger partial charge on any atom is -0.493 e. The van der Waals surface area contributed by atoms with Crippen LogP contribution >= 0.6 is 0 Å². The van der Waals surface area contributed by atoms with Crippen molar-refractivity contribution in [2.75, 3.05) is 12.3 Å². The molecule has 0 radical (unpaired) electrons. The first-order chi connectivity index (χ1) is 9.47. The number of anilines is 1. The number of alkyl halides is 3. The van der Waals surface area contributed by atoms with Gasteiger partial charge in [0.1, 0.15) is 5.75 Å². The molecule has 0 saturated heterocycles. The van der Waals surface area contributed by atoms with Crippen LogP contribution in [-0.2, 0) is 12.6 Å². The lowest BCUT2D eigenvalue weighted by atomic mass is 10.1. The molecule has 0 unspecified atom stereocenters. The fourth-order valence-corrected chi connectivity index (χ4v) is 1.80. The highest BCUT2D eigenvalue weighted by Gasteiger charge is 2.30. The molecule has 20 heavy (non-hydrogen) atoms. The summed E-state index contributed by atoms with van der Waals surface area (Å²) < 4.78 is 43.0. The third kappa shape index (κ3) is 3.66. The standard InChI is InChI=1S/C15H14F3NO/c16-15(17,18)12-5-3-6-13(10-12)20-9-8-11-4-1-2-7-14(11)19/h1-7,10H,8-9,19H2. The van der Waals surface area contributed by atoms with Gasteiger partial charge in [-0.3, -0.25) is 0 Å². The van der Waals surface area contributed by atoms with Gasteiger partial charge < -0.3 is 10.5 Å². The molecule has 2 aromatic carbocycles. The van der Waals surface area contributed by atoms with E-state index in [9.17, 15) is 13.2 Å². The van der Waals surface area contributed by atoms with Gasteiger partial charge >= 0.3 is 6.18 Å². The van der Waals surface area contributed by atoms with Gasteiger partial charge in [0.15, 0.2) is 0 Å². The zero-order chi connectivity index (χ0) is 14.6. The fourth-order valence-electron chi connectivity index (χ4n) is 1.80.